The Bertz CT molecular complexity index is 708. The molecule has 6 nitrogen and oxygen atoms in total. The van der Waals surface area contributed by atoms with E-state index in [9.17, 15) is 27.6 Å². The van der Waals surface area contributed by atoms with Gasteiger partial charge < -0.3 is 15.0 Å². The van der Waals surface area contributed by atoms with Crippen LogP contribution in [-0.4, -0.2) is 51.9 Å². The van der Waals surface area contributed by atoms with Crippen LogP contribution in [0.3, 0.4) is 0 Å². The minimum Gasteiger partial charge on any atom is -0.481 e. The quantitative estimate of drug-likeness (QED) is 0.821. The van der Waals surface area contributed by atoms with Gasteiger partial charge in [0.05, 0.1) is 11.8 Å². The molecule has 0 aromatic carbocycles. The maximum Gasteiger partial charge on any atom is 0.394 e. The van der Waals surface area contributed by atoms with Gasteiger partial charge in [0, 0.05) is 24.3 Å². The van der Waals surface area contributed by atoms with Gasteiger partial charge >= 0.3 is 12.1 Å². The third-order valence-electron chi connectivity index (χ3n) is 4.35. The fraction of sp³-hybridized carbons (Fsp3) is 0.533. The lowest BCUT2D eigenvalue weighted by Crippen LogP contribution is -2.34. The molecule has 0 bridgehead atoms. The maximum absolute atomic E-state index is 13.0. The van der Waals surface area contributed by atoms with E-state index >= 15 is 0 Å². The van der Waals surface area contributed by atoms with Gasteiger partial charge in [0.1, 0.15) is 5.69 Å². The van der Waals surface area contributed by atoms with Crippen LogP contribution in [0.25, 0.3) is 0 Å². The Morgan fingerprint density at radius 1 is 1.21 bits per heavy atom. The summed E-state index contributed by atoms with van der Waals surface area (Å²) in [5.74, 6) is -6.39. The zero-order chi connectivity index (χ0) is 18.4. The van der Waals surface area contributed by atoms with Crippen LogP contribution in [-0.2, 0) is 4.79 Å². The van der Waals surface area contributed by atoms with Gasteiger partial charge in [-0.3, -0.25) is 14.4 Å². The number of hydrogen-bond donors (Lipinski definition) is 2. The fourth-order valence-electron chi connectivity index (χ4n) is 3.20. The summed E-state index contributed by atoms with van der Waals surface area (Å²) in [5.41, 5.74) is 1.14. The second-order valence-electron chi connectivity index (χ2n) is 5.98. The summed E-state index contributed by atoms with van der Waals surface area (Å²) in [5, 5.41) is 9.00. The topological polar surface area (TPSA) is 90.5 Å². The second kappa shape index (κ2) is 5.95. The first-order valence-corrected chi connectivity index (χ1v) is 7.24. The van der Waals surface area contributed by atoms with Crippen LogP contribution < -0.4 is 0 Å². The van der Waals surface area contributed by atoms with Crippen molar-refractivity contribution in [3.8, 4) is 0 Å². The van der Waals surface area contributed by atoms with E-state index in [2.05, 4.69) is 4.98 Å². The van der Waals surface area contributed by atoms with Gasteiger partial charge in [-0.2, -0.15) is 13.2 Å². The highest BCUT2D eigenvalue weighted by Gasteiger charge is 2.53. The zero-order valence-corrected chi connectivity index (χ0v) is 13.3. The highest BCUT2D eigenvalue weighted by atomic mass is 19.4. The van der Waals surface area contributed by atoms with Crippen molar-refractivity contribution in [1.82, 2.24) is 9.88 Å². The van der Waals surface area contributed by atoms with E-state index in [0.717, 1.165) is 4.90 Å². The first-order chi connectivity index (χ1) is 10.9. The molecule has 2 N–H and O–H groups in total. The standard InChI is InChI=1S/C15H17F3N2O4/c1-6-11(8(3)21)7(2)19-12(6)13(22)20-4-9(14(23)24)10(5-20)15(16,17)18/h9-10,19H,4-5H2,1-3H3,(H,23,24)/t9-,10-/m1/s1. The number of likely N-dealkylation sites (tertiary alicyclic amines) is 1. The average molecular weight is 346 g/mol. The SMILES string of the molecule is CC(=O)c1c(C)[nH]c(C(=O)N2C[C@@H](C(F)(F)F)[C@H](C(=O)O)C2)c1C. The first-order valence-electron chi connectivity index (χ1n) is 7.24. The molecule has 2 rings (SSSR count). The number of carbonyl (C=O) groups is 3. The lowest BCUT2D eigenvalue weighted by molar-refractivity contribution is -0.187. The number of Topliss-reactive ketones (excluding diaryl/α,β-unsaturated/α-hetero) is 1. The summed E-state index contributed by atoms with van der Waals surface area (Å²) in [6.45, 7) is 3.20. The average Bonchev–Trinajstić information content (AvgIpc) is 2.99. The van der Waals surface area contributed by atoms with E-state index < -0.39 is 43.0 Å². The van der Waals surface area contributed by atoms with Crippen LogP contribution in [0.1, 0.15) is 39.0 Å². The van der Waals surface area contributed by atoms with Gasteiger partial charge in [-0.1, -0.05) is 0 Å². The second-order valence-corrected chi connectivity index (χ2v) is 5.98. The number of aryl methyl sites for hydroxylation is 1. The van der Waals surface area contributed by atoms with Crippen LogP contribution in [0.2, 0.25) is 0 Å². The Kier molecular flexibility index (Phi) is 4.47. The summed E-state index contributed by atoms with van der Waals surface area (Å²) < 4.78 is 39.0. The van der Waals surface area contributed by atoms with E-state index in [-0.39, 0.29) is 11.5 Å². The predicted octanol–water partition coefficient (Wildman–Crippen LogP) is 2.17. The Balaban J connectivity index is 2.33. The number of aliphatic carboxylic acids is 1. The van der Waals surface area contributed by atoms with Crippen LogP contribution in [0.5, 0.6) is 0 Å². The lowest BCUT2D eigenvalue weighted by Gasteiger charge is -2.18. The molecular formula is C15H17F3N2O4. The molecular weight excluding hydrogens is 329 g/mol. The number of ketones is 1. The fourth-order valence-corrected chi connectivity index (χ4v) is 3.20. The van der Waals surface area contributed by atoms with E-state index in [0.29, 0.717) is 16.8 Å². The van der Waals surface area contributed by atoms with Crippen LogP contribution in [0, 0.1) is 25.7 Å². The van der Waals surface area contributed by atoms with Gasteiger partial charge in [0.15, 0.2) is 5.78 Å². The van der Waals surface area contributed by atoms with Crippen molar-refractivity contribution < 1.29 is 32.7 Å². The number of nitrogens with zero attached hydrogens (tertiary/aromatic N) is 1. The van der Waals surface area contributed by atoms with Crippen molar-refractivity contribution in [2.75, 3.05) is 13.1 Å². The van der Waals surface area contributed by atoms with Crippen molar-refractivity contribution >= 4 is 17.7 Å². The molecule has 9 heteroatoms. The van der Waals surface area contributed by atoms with E-state index in [1.54, 1.807) is 6.92 Å². The Labute approximate surface area is 135 Å². The Morgan fingerprint density at radius 2 is 1.79 bits per heavy atom. The predicted molar refractivity (Wildman–Crippen MR) is 76.8 cm³/mol. The van der Waals surface area contributed by atoms with Crippen LogP contribution in [0.15, 0.2) is 0 Å². The molecule has 0 unspecified atom stereocenters. The molecule has 2 heterocycles. The minimum absolute atomic E-state index is 0.0182. The summed E-state index contributed by atoms with van der Waals surface area (Å²) in [6.07, 6.45) is -4.71. The number of hydrogen-bond acceptors (Lipinski definition) is 3. The van der Waals surface area contributed by atoms with Gasteiger partial charge in [0.2, 0.25) is 0 Å². The molecule has 1 fully saturated rings. The maximum atomic E-state index is 13.0. The normalized spacial score (nSPS) is 21.2. The third kappa shape index (κ3) is 3.02. The van der Waals surface area contributed by atoms with Crippen molar-refractivity contribution in [2.45, 2.75) is 26.9 Å². The number of alkyl halides is 3. The molecule has 0 saturated carbocycles. The number of H-pyrrole nitrogens is 1. The Morgan fingerprint density at radius 3 is 2.17 bits per heavy atom. The van der Waals surface area contributed by atoms with Gasteiger partial charge in [-0.25, -0.2) is 0 Å². The van der Waals surface area contributed by atoms with Crippen LogP contribution >= 0.6 is 0 Å². The molecule has 1 aliphatic rings. The number of carboxylic acids is 1. The third-order valence-corrected chi connectivity index (χ3v) is 4.35. The van der Waals surface area contributed by atoms with Crippen molar-refractivity contribution in [1.29, 1.82) is 0 Å². The monoisotopic (exact) mass is 346 g/mol. The number of carboxylic acid groups (broad SMARTS) is 1. The lowest BCUT2D eigenvalue weighted by atomic mass is 9.96. The van der Waals surface area contributed by atoms with Gasteiger partial charge in [0.25, 0.3) is 5.91 Å². The molecule has 0 spiro atoms. The molecule has 1 aliphatic heterocycles. The summed E-state index contributed by atoms with van der Waals surface area (Å²) in [7, 11) is 0. The molecule has 0 radical (unpaired) electrons. The number of halogens is 3. The molecule has 2 atom stereocenters. The molecule has 1 saturated heterocycles. The first kappa shape index (κ1) is 18.0. The van der Waals surface area contributed by atoms with E-state index in [1.165, 1.54) is 13.8 Å². The van der Waals surface area contributed by atoms with Crippen LogP contribution in [0.4, 0.5) is 13.2 Å². The molecule has 1 aromatic heterocycles. The summed E-state index contributed by atoms with van der Waals surface area (Å²) in [4.78, 5) is 38.8. The zero-order valence-electron chi connectivity index (χ0n) is 13.3. The largest absolute Gasteiger partial charge is 0.481 e. The number of amides is 1. The number of carbonyl (C=O) groups excluding carboxylic acids is 2. The highest BCUT2D eigenvalue weighted by Crippen LogP contribution is 2.38. The van der Waals surface area contributed by atoms with Crippen molar-refractivity contribution in [3.63, 3.8) is 0 Å². The molecule has 0 aliphatic carbocycles. The van der Waals surface area contributed by atoms with Crippen molar-refractivity contribution in [3.05, 3.63) is 22.5 Å². The highest BCUT2D eigenvalue weighted by molar-refractivity contribution is 6.02. The number of aromatic nitrogens is 1. The van der Waals surface area contributed by atoms with Gasteiger partial charge in [-0.15, -0.1) is 0 Å². The minimum atomic E-state index is -4.71. The van der Waals surface area contributed by atoms with E-state index in [1.807, 2.05) is 0 Å². The summed E-state index contributed by atoms with van der Waals surface area (Å²) in [6, 6.07) is 0. The number of rotatable bonds is 3. The number of nitrogens with one attached hydrogen (secondary N) is 1. The Hall–Kier alpha value is -2.32. The smallest absolute Gasteiger partial charge is 0.394 e. The van der Waals surface area contributed by atoms with E-state index in [4.69, 9.17) is 5.11 Å². The number of aromatic amines is 1. The summed E-state index contributed by atoms with van der Waals surface area (Å²) >= 11 is 0. The molecule has 24 heavy (non-hydrogen) atoms. The molecule has 1 aromatic rings. The molecule has 132 valence electrons. The van der Waals surface area contributed by atoms with Gasteiger partial charge in [-0.05, 0) is 26.3 Å². The molecule has 1 amide bonds. The van der Waals surface area contributed by atoms with Crippen molar-refractivity contribution in [2.24, 2.45) is 11.8 Å².